The molecule has 0 fully saturated rings. The summed E-state index contributed by atoms with van der Waals surface area (Å²) in [5.74, 6) is 0. The summed E-state index contributed by atoms with van der Waals surface area (Å²) < 4.78 is 0. The van der Waals surface area contributed by atoms with Crippen molar-refractivity contribution in [1.82, 2.24) is 0 Å². The van der Waals surface area contributed by atoms with Crippen LogP contribution in [0.4, 0.5) is 0 Å². The van der Waals surface area contributed by atoms with Crippen LogP contribution in [-0.4, -0.2) is 12.3 Å². The lowest BCUT2D eigenvalue weighted by molar-refractivity contribution is 1.13. The van der Waals surface area contributed by atoms with E-state index in [0.717, 1.165) is 12.3 Å². The Kier molecular flexibility index (Phi) is 2.84. The lowest BCUT2D eigenvalue weighted by Gasteiger charge is -2.04. The van der Waals surface area contributed by atoms with Crippen LogP contribution in [-0.2, 0) is 0 Å². The molecule has 1 aliphatic rings. The van der Waals surface area contributed by atoms with Crippen LogP contribution in [0.15, 0.2) is 40.9 Å². The van der Waals surface area contributed by atoms with Gasteiger partial charge < -0.3 is 0 Å². The van der Waals surface area contributed by atoms with Crippen LogP contribution in [0.1, 0.15) is 13.8 Å². The summed E-state index contributed by atoms with van der Waals surface area (Å²) in [6, 6.07) is 0. The first-order chi connectivity index (χ1) is 5.38. The highest BCUT2D eigenvalue weighted by atomic mass is 14.7. The molecule has 0 amide bonds. The Morgan fingerprint density at radius 1 is 1.36 bits per heavy atom. The Balaban J connectivity index is 2.88. The Morgan fingerprint density at radius 2 is 2.09 bits per heavy atom. The minimum Gasteiger partial charge on any atom is -0.285 e. The van der Waals surface area contributed by atoms with Gasteiger partial charge in [0, 0.05) is 6.54 Å². The lowest BCUT2D eigenvalue weighted by atomic mass is 10.1. The van der Waals surface area contributed by atoms with Gasteiger partial charge in [-0.15, -0.1) is 0 Å². The number of hydrogen-bond donors (Lipinski definition) is 0. The normalized spacial score (nSPS) is 23.5. The van der Waals surface area contributed by atoms with Gasteiger partial charge in [0.1, 0.15) is 0 Å². The van der Waals surface area contributed by atoms with Gasteiger partial charge in [-0.3, -0.25) is 4.99 Å². The quantitative estimate of drug-likeness (QED) is 0.540. The number of aliphatic imine (C=N–C) groups is 1. The Morgan fingerprint density at radius 3 is 2.73 bits per heavy atom. The maximum atomic E-state index is 4.35. The third kappa shape index (κ3) is 1.90. The van der Waals surface area contributed by atoms with E-state index in [9.17, 15) is 0 Å². The summed E-state index contributed by atoms with van der Waals surface area (Å²) in [5.41, 5.74) is 2.31. The molecule has 1 aliphatic carbocycles. The van der Waals surface area contributed by atoms with Crippen molar-refractivity contribution in [1.29, 1.82) is 0 Å². The van der Waals surface area contributed by atoms with Gasteiger partial charge in [-0.2, -0.15) is 0 Å². The standard InChI is InChI=1S/C10H13N/c1-3-9-7-5-6-8-10(9)11-4-2/h3,5-8H,4H2,1-2H3/b9-3-,11-10-. The largest absolute Gasteiger partial charge is 0.285 e. The van der Waals surface area contributed by atoms with Crippen LogP contribution in [0.5, 0.6) is 0 Å². The molecule has 0 spiro atoms. The van der Waals surface area contributed by atoms with Crippen LogP contribution >= 0.6 is 0 Å². The van der Waals surface area contributed by atoms with E-state index in [1.54, 1.807) is 0 Å². The van der Waals surface area contributed by atoms with E-state index < -0.39 is 0 Å². The lowest BCUT2D eigenvalue weighted by Crippen LogP contribution is -1.99. The van der Waals surface area contributed by atoms with E-state index in [1.165, 1.54) is 5.57 Å². The van der Waals surface area contributed by atoms with Crippen molar-refractivity contribution in [2.45, 2.75) is 13.8 Å². The molecule has 0 aromatic rings. The molecule has 0 unspecified atom stereocenters. The zero-order chi connectivity index (χ0) is 8.10. The van der Waals surface area contributed by atoms with Gasteiger partial charge in [-0.25, -0.2) is 0 Å². The van der Waals surface area contributed by atoms with Crippen LogP contribution in [0, 0.1) is 0 Å². The summed E-state index contributed by atoms with van der Waals surface area (Å²) in [6.07, 6.45) is 10.2. The second-order valence-corrected chi connectivity index (χ2v) is 2.32. The van der Waals surface area contributed by atoms with Crippen molar-refractivity contribution in [2.24, 2.45) is 4.99 Å². The van der Waals surface area contributed by atoms with E-state index in [1.807, 2.05) is 32.1 Å². The van der Waals surface area contributed by atoms with Gasteiger partial charge in [0.05, 0.1) is 5.71 Å². The molecule has 0 atom stereocenters. The van der Waals surface area contributed by atoms with Gasteiger partial charge in [-0.05, 0) is 25.5 Å². The van der Waals surface area contributed by atoms with E-state index in [0.29, 0.717) is 0 Å². The van der Waals surface area contributed by atoms with Crippen LogP contribution in [0.3, 0.4) is 0 Å². The number of nitrogens with zero attached hydrogens (tertiary/aromatic N) is 1. The number of rotatable bonds is 1. The molecule has 1 heteroatoms. The summed E-state index contributed by atoms with van der Waals surface area (Å²) in [5, 5.41) is 0. The molecule has 0 aromatic carbocycles. The first-order valence-corrected chi connectivity index (χ1v) is 3.94. The maximum absolute atomic E-state index is 4.35. The molecule has 0 bridgehead atoms. The highest BCUT2D eigenvalue weighted by molar-refractivity contribution is 6.11. The molecule has 0 N–H and O–H groups in total. The van der Waals surface area contributed by atoms with Crippen molar-refractivity contribution < 1.29 is 0 Å². The first-order valence-electron chi connectivity index (χ1n) is 3.94. The molecular weight excluding hydrogens is 134 g/mol. The number of allylic oxidation sites excluding steroid dienone is 6. The van der Waals surface area contributed by atoms with Crippen molar-refractivity contribution >= 4 is 5.71 Å². The van der Waals surface area contributed by atoms with E-state index >= 15 is 0 Å². The summed E-state index contributed by atoms with van der Waals surface area (Å²) in [4.78, 5) is 4.35. The minimum absolute atomic E-state index is 0.852. The molecule has 58 valence electrons. The van der Waals surface area contributed by atoms with Crippen molar-refractivity contribution in [3.05, 3.63) is 36.0 Å². The third-order valence-electron chi connectivity index (χ3n) is 1.58. The highest BCUT2D eigenvalue weighted by Crippen LogP contribution is 2.07. The summed E-state index contributed by atoms with van der Waals surface area (Å²) in [7, 11) is 0. The highest BCUT2D eigenvalue weighted by Gasteiger charge is 1.99. The second kappa shape index (κ2) is 3.91. The monoisotopic (exact) mass is 147 g/mol. The van der Waals surface area contributed by atoms with Gasteiger partial charge in [0.25, 0.3) is 0 Å². The zero-order valence-electron chi connectivity index (χ0n) is 7.04. The molecule has 0 heterocycles. The molecule has 0 saturated carbocycles. The van der Waals surface area contributed by atoms with Crippen molar-refractivity contribution in [2.75, 3.05) is 6.54 Å². The van der Waals surface area contributed by atoms with Crippen LogP contribution < -0.4 is 0 Å². The van der Waals surface area contributed by atoms with Gasteiger partial charge >= 0.3 is 0 Å². The molecule has 0 radical (unpaired) electrons. The first kappa shape index (κ1) is 7.99. The SMILES string of the molecule is C/C=C1/C=CC=C/C1=N/CC. The third-order valence-corrected chi connectivity index (χ3v) is 1.58. The Labute approximate surface area is 67.8 Å². The van der Waals surface area contributed by atoms with Crippen molar-refractivity contribution in [3.8, 4) is 0 Å². The fourth-order valence-corrected chi connectivity index (χ4v) is 1.05. The molecule has 0 saturated heterocycles. The zero-order valence-corrected chi connectivity index (χ0v) is 7.04. The topological polar surface area (TPSA) is 12.4 Å². The molecule has 0 aliphatic heterocycles. The fraction of sp³-hybridized carbons (Fsp3) is 0.300. The minimum atomic E-state index is 0.852. The Hall–Kier alpha value is -1.11. The van der Waals surface area contributed by atoms with Crippen LogP contribution in [0.2, 0.25) is 0 Å². The average molecular weight is 147 g/mol. The summed E-state index contributed by atoms with van der Waals surface area (Å²) in [6.45, 7) is 4.93. The Bertz CT molecular complexity index is 242. The second-order valence-electron chi connectivity index (χ2n) is 2.32. The predicted octanol–water partition coefficient (Wildman–Crippen LogP) is 2.52. The average Bonchev–Trinajstić information content (AvgIpc) is 2.06. The fourth-order valence-electron chi connectivity index (χ4n) is 1.05. The van der Waals surface area contributed by atoms with Gasteiger partial charge in [0.2, 0.25) is 0 Å². The molecule has 1 nitrogen and oxygen atoms in total. The van der Waals surface area contributed by atoms with E-state index in [2.05, 4.69) is 17.1 Å². The summed E-state index contributed by atoms with van der Waals surface area (Å²) >= 11 is 0. The van der Waals surface area contributed by atoms with E-state index in [4.69, 9.17) is 0 Å². The van der Waals surface area contributed by atoms with Crippen LogP contribution in [0.25, 0.3) is 0 Å². The van der Waals surface area contributed by atoms with Gasteiger partial charge in [0.15, 0.2) is 0 Å². The molecule has 11 heavy (non-hydrogen) atoms. The molecule has 1 rings (SSSR count). The smallest absolute Gasteiger partial charge is 0.0643 e. The molecule has 0 aromatic heterocycles. The maximum Gasteiger partial charge on any atom is 0.0643 e. The molecular formula is C10H13N. The van der Waals surface area contributed by atoms with E-state index in [-0.39, 0.29) is 0 Å². The van der Waals surface area contributed by atoms with Crippen molar-refractivity contribution in [3.63, 3.8) is 0 Å². The predicted molar refractivity (Wildman–Crippen MR) is 50.0 cm³/mol. The van der Waals surface area contributed by atoms with Gasteiger partial charge in [-0.1, -0.05) is 24.3 Å². The number of hydrogen-bond acceptors (Lipinski definition) is 1.